The van der Waals surface area contributed by atoms with Gasteiger partial charge in [-0.05, 0) is 66.8 Å². The van der Waals surface area contributed by atoms with Crippen molar-refractivity contribution in [2.45, 2.75) is 40.3 Å². The highest BCUT2D eigenvalue weighted by Crippen LogP contribution is 2.17. The van der Waals surface area contributed by atoms with Gasteiger partial charge in [0.15, 0.2) is 6.61 Å². The van der Waals surface area contributed by atoms with E-state index in [0.29, 0.717) is 13.1 Å². The Kier molecular flexibility index (Phi) is 6.53. The minimum atomic E-state index is -0.0740. The van der Waals surface area contributed by atoms with Gasteiger partial charge in [0.25, 0.3) is 5.91 Å². The van der Waals surface area contributed by atoms with E-state index in [1.165, 1.54) is 5.56 Å². The van der Waals surface area contributed by atoms with E-state index in [-0.39, 0.29) is 12.5 Å². The fourth-order valence-corrected chi connectivity index (χ4v) is 3.18. The number of furan rings is 1. The van der Waals surface area contributed by atoms with E-state index in [1.807, 2.05) is 38.1 Å². The fraction of sp³-hybridized carbons (Fsp3) is 0.292. The standard InChI is InChI=1S/C24H27NO3/c1-4-20-7-9-21(10-8-20)15-25(16-22-6-5-11-27-22)24(26)17-28-23-13-18(2)12-19(3)14-23/h5-14H,4,15-17H2,1-3H3. The molecule has 146 valence electrons. The van der Waals surface area contributed by atoms with Crippen LogP contribution >= 0.6 is 0 Å². The number of carbonyl (C=O) groups is 1. The van der Waals surface area contributed by atoms with Crippen LogP contribution < -0.4 is 4.74 Å². The lowest BCUT2D eigenvalue weighted by molar-refractivity contribution is -0.134. The minimum Gasteiger partial charge on any atom is -0.484 e. The number of ether oxygens (including phenoxy) is 1. The molecule has 2 aromatic carbocycles. The lowest BCUT2D eigenvalue weighted by atomic mass is 10.1. The summed E-state index contributed by atoms with van der Waals surface area (Å²) in [7, 11) is 0. The number of hydrogen-bond donors (Lipinski definition) is 0. The highest BCUT2D eigenvalue weighted by Gasteiger charge is 2.17. The van der Waals surface area contributed by atoms with Gasteiger partial charge in [-0.3, -0.25) is 4.79 Å². The molecule has 3 aromatic rings. The van der Waals surface area contributed by atoms with Crippen molar-refractivity contribution < 1.29 is 13.9 Å². The largest absolute Gasteiger partial charge is 0.484 e. The summed E-state index contributed by atoms with van der Waals surface area (Å²) < 4.78 is 11.2. The van der Waals surface area contributed by atoms with Crippen molar-refractivity contribution in [3.8, 4) is 5.75 Å². The van der Waals surface area contributed by atoms with Crippen LogP contribution in [0.2, 0.25) is 0 Å². The van der Waals surface area contributed by atoms with Crippen LogP contribution in [0.3, 0.4) is 0 Å². The summed E-state index contributed by atoms with van der Waals surface area (Å²) in [5.74, 6) is 1.40. The van der Waals surface area contributed by atoms with Crippen molar-refractivity contribution >= 4 is 5.91 Å². The molecule has 1 heterocycles. The summed E-state index contributed by atoms with van der Waals surface area (Å²) in [6.07, 6.45) is 2.62. The van der Waals surface area contributed by atoms with E-state index < -0.39 is 0 Å². The molecule has 3 rings (SSSR count). The van der Waals surface area contributed by atoms with Gasteiger partial charge in [-0.25, -0.2) is 0 Å². The van der Waals surface area contributed by atoms with Crippen LogP contribution in [0.4, 0.5) is 0 Å². The maximum absolute atomic E-state index is 12.9. The first kappa shape index (κ1) is 19.7. The minimum absolute atomic E-state index is 0.00333. The van der Waals surface area contributed by atoms with Crippen LogP contribution in [0.25, 0.3) is 0 Å². The van der Waals surface area contributed by atoms with E-state index in [0.717, 1.165) is 34.6 Å². The van der Waals surface area contributed by atoms with E-state index in [1.54, 1.807) is 11.2 Å². The Morgan fingerprint density at radius 1 is 0.964 bits per heavy atom. The molecule has 4 nitrogen and oxygen atoms in total. The van der Waals surface area contributed by atoms with Crippen molar-refractivity contribution in [1.82, 2.24) is 4.90 Å². The van der Waals surface area contributed by atoms with E-state index in [9.17, 15) is 4.79 Å². The van der Waals surface area contributed by atoms with Crippen LogP contribution in [0.15, 0.2) is 65.3 Å². The molecule has 0 atom stereocenters. The Morgan fingerprint density at radius 2 is 1.64 bits per heavy atom. The zero-order chi connectivity index (χ0) is 19.9. The first-order valence-corrected chi connectivity index (χ1v) is 9.62. The zero-order valence-corrected chi connectivity index (χ0v) is 16.8. The molecule has 0 aliphatic heterocycles. The first-order valence-electron chi connectivity index (χ1n) is 9.62. The third-order valence-electron chi connectivity index (χ3n) is 4.64. The van der Waals surface area contributed by atoms with Gasteiger partial charge in [0.2, 0.25) is 0 Å². The zero-order valence-electron chi connectivity index (χ0n) is 16.8. The van der Waals surface area contributed by atoms with Gasteiger partial charge in [-0.15, -0.1) is 0 Å². The molecule has 28 heavy (non-hydrogen) atoms. The number of carbonyl (C=O) groups excluding carboxylic acids is 1. The Labute approximate surface area is 166 Å². The van der Waals surface area contributed by atoms with Crippen LogP contribution in [0.5, 0.6) is 5.75 Å². The van der Waals surface area contributed by atoms with E-state index >= 15 is 0 Å². The predicted molar refractivity (Wildman–Crippen MR) is 110 cm³/mol. The lowest BCUT2D eigenvalue weighted by Gasteiger charge is -2.22. The van der Waals surface area contributed by atoms with Crippen LogP contribution in [0, 0.1) is 13.8 Å². The molecule has 0 aliphatic carbocycles. The van der Waals surface area contributed by atoms with Gasteiger partial charge in [0.1, 0.15) is 11.5 Å². The predicted octanol–water partition coefficient (Wildman–Crippen LogP) is 5.07. The highest BCUT2D eigenvalue weighted by atomic mass is 16.5. The molecule has 4 heteroatoms. The molecule has 0 saturated carbocycles. The average Bonchev–Trinajstić information content (AvgIpc) is 3.18. The van der Waals surface area contributed by atoms with Crippen LogP contribution in [-0.4, -0.2) is 17.4 Å². The quantitative estimate of drug-likeness (QED) is 0.551. The van der Waals surface area contributed by atoms with Crippen molar-refractivity contribution in [3.63, 3.8) is 0 Å². The van der Waals surface area contributed by atoms with Crippen LogP contribution in [-0.2, 0) is 24.3 Å². The number of rotatable bonds is 8. The third-order valence-corrected chi connectivity index (χ3v) is 4.64. The second kappa shape index (κ2) is 9.27. The second-order valence-electron chi connectivity index (χ2n) is 7.11. The van der Waals surface area contributed by atoms with Gasteiger partial charge in [-0.1, -0.05) is 37.3 Å². The van der Waals surface area contributed by atoms with E-state index in [2.05, 4.69) is 37.3 Å². The van der Waals surface area contributed by atoms with Crippen molar-refractivity contribution in [2.24, 2.45) is 0 Å². The molecule has 0 spiro atoms. The van der Waals surface area contributed by atoms with Crippen molar-refractivity contribution in [3.05, 3.63) is 88.9 Å². The summed E-state index contributed by atoms with van der Waals surface area (Å²) in [5, 5.41) is 0. The normalized spacial score (nSPS) is 10.7. The summed E-state index contributed by atoms with van der Waals surface area (Å²) in [5.41, 5.74) is 4.60. The maximum atomic E-state index is 12.9. The molecule has 0 bridgehead atoms. The monoisotopic (exact) mass is 377 g/mol. The summed E-state index contributed by atoms with van der Waals surface area (Å²) in [4.78, 5) is 14.7. The Hall–Kier alpha value is -3.01. The molecule has 1 amide bonds. The lowest BCUT2D eigenvalue weighted by Crippen LogP contribution is -2.34. The van der Waals surface area contributed by atoms with Gasteiger partial charge in [-0.2, -0.15) is 0 Å². The fourth-order valence-electron chi connectivity index (χ4n) is 3.18. The SMILES string of the molecule is CCc1ccc(CN(Cc2ccco2)C(=O)COc2cc(C)cc(C)c2)cc1. The number of benzene rings is 2. The average molecular weight is 377 g/mol. The third kappa shape index (κ3) is 5.49. The molecular formula is C24H27NO3. The van der Waals surface area contributed by atoms with Gasteiger partial charge < -0.3 is 14.1 Å². The summed E-state index contributed by atoms with van der Waals surface area (Å²) in [6, 6.07) is 18.1. The smallest absolute Gasteiger partial charge is 0.261 e. The van der Waals surface area contributed by atoms with Gasteiger partial charge in [0, 0.05) is 6.54 Å². The maximum Gasteiger partial charge on any atom is 0.261 e. The van der Waals surface area contributed by atoms with Crippen LogP contribution in [0.1, 0.15) is 34.9 Å². The number of aryl methyl sites for hydroxylation is 3. The number of amides is 1. The molecule has 0 aliphatic rings. The topological polar surface area (TPSA) is 42.7 Å². The molecule has 0 saturated heterocycles. The van der Waals surface area contributed by atoms with Crippen molar-refractivity contribution in [1.29, 1.82) is 0 Å². The Morgan fingerprint density at radius 3 is 2.25 bits per heavy atom. The summed E-state index contributed by atoms with van der Waals surface area (Å²) in [6.45, 7) is 7.09. The Bertz CT molecular complexity index is 878. The van der Waals surface area contributed by atoms with E-state index in [4.69, 9.17) is 9.15 Å². The molecule has 0 N–H and O–H groups in total. The van der Waals surface area contributed by atoms with Gasteiger partial charge >= 0.3 is 0 Å². The number of hydrogen-bond acceptors (Lipinski definition) is 3. The van der Waals surface area contributed by atoms with Gasteiger partial charge in [0.05, 0.1) is 12.8 Å². The molecule has 1 aromatic heterocycles. The molecule has 0 unspecified atom stereocenters. The number of nitrogens with zero attached hydrogens (tertiary/aromatic N) is 1. The second-order valence-corrected chi connectivity index (χ2v) is 7.11. The first-order chi connectivity index (χ1) is 13.5. The van der Waals surface area contributed by atoms with Crippen molar-refractivity contribution in [2.75, 3.05) is 6.61 Å². The summed E-state index contributed by atoms with van der Waals surface area (Å²) >= 11 is 0. The highest BCUT2D eigenvalue weighted by molar-refractivity contribution is 5.77. The molecular weight excluding hydrogens is 350 g/mol. The molecule has 0 radical (unpaired) electrons. The molecule has 0 fully saturated rings. The Balaban J connectivity index is 1.70.